The minimum atomic E-state index is -0.208. The van der Waals surface area contributed by atoms with Crippen molar-refractivity contribution in [1.29, 1.82) is 0 Å². The number of nitrogens with one attached hydrogen (secondary N) is 2. The Morgan fingerprint density at radius 3 is 1.78 bits per heavy atom. The van der Waals surface area contributed by atoms with Gasteiger partial charge in [-0.15, -0.1) is 0 Å². The second-order valence-corrected chi connectivity index (χ2v) is 14.6. The zero-order chi connectivity index (χ0) is 37.1. The first-order valence-electron chi connectivity index (χ1n) is 19.5. The first-order chi connectivity index (χ1) is 26.5. The Morgan fingerprint density at radius 2 is 1.22 bits per heavy atom. The smallest absolute Gasteiger partial charge is 0.223 e. The van der Waals surface area contributed by atoms with Crippen molar-refractivity contribution in [2.75, 3.05) is 39.5 Å². The Kier molecular flexibility index (Phi) is 13.0. The predicted octanol–water partition coefficient (Wildman–Crippen LogP) is 6.11. The zero-order valence-electron chi connectivity index (χ0n) is 30.9. The van der Waals surface area contributed by atoms with Crippen molar-refractivity contribution in [1.82, 2.24) is 15.5 Å². The highest BCUT2D eigenvalue weighted by molar-refractivity contribution is 5.78. The van der Waals surface area contributed by atoms with Gasteiger partial charge in [0, 0.05) is 31.6 Å². The lowest BCUT2D eigenvalue weighted by Gasteiger charge is -2.31. The third kappa shape index (κ3) is 9.92. The van der Waals surface area contributed by atoms with Gasteiger partial charge < -0.3 is 39.8 Å². The van der Waals surface area contributed by atoms with Crippen LogP contribution >= 0.6 is 0 Å². The number of piperidine rings is 1. The number of para-hydroxylation sites is 4. The second kappa shape index (κ2) is 18.6. The number of aliphatic hydroxyl groups is 2. The molecule has 1 saturated heterocycles. The van der Waals surface area contributed by atoms with Crippen LogP contribution in [0.15, 0.2) is 97.1 Å². The second-order valence-electron chi connectivity index (χ2n) is 14.6. The average molecular weight is 736 g/mol. The van der Waals surface area contributed by atoms with Crippen LogP contribution in [0.2, 0.25) is 0 Å². The minimum Gasteiger partial charge on any atom is -0.485 e. The maximum atomic E-state index is 12.0. The third-order valence-corrected chi connectivity index (χ3v) is 10.8. The zero-order valence-corrected chi connectivity index (χ0v) is 30.9. The third-order valence-electron chi connectivity index (χ3n) is 10.8. The highest BCUT2D eigenvalue weighted by Crippen LogP contribution is 2.37. The van der Waals surface area contributed by atoms with E-state index >= 15 is 0 Å². The van der Waals surface area contributed by atoms with Crippen molar-refractivity contribution in [2.24, 2.45) is 5.92 Å². The fourth-order valence-corrected chi connectivity index (χ4v) is 7.59. The number of hydrogen-bond acceptors (Lipinski definition) is 9. The van der Waals surface area contributed by atoms with Crippen LogP contribution in [0.4, 0.5) is 0 Å². The van der Waals surface area contributed by atoms with Crippen LogP contribution in [-0.4, -0.2) is 72.6 Å². The lowest BCUT2D eigenvalue weighted by molar-refractivity contribution is -0.126. The number of hydrogen-bond donors (Lipinski definition) is 4. The van der Waals surface area contributed by atoms with Gasteiger partial charge in [-0.1, -0.05) is 85.6 Å². The molecule has 4 atom stereocenters. The molecular weight excluding hydrogens is 682 g/mol. The molecule has 1 saturated carbocycles. The summed E-state index contributed by atoms with van der Waals surface area (Å²) < 4.78 is 23.7. The quantitative estimate of drug-likeness (QED) is 0.153. The van der Waals surface area contributed by atoms with E-state index < -0.39 is 0 Å². The molecule has 4 aliphatic rings. The van der Waals surface area contributed by atoms with Crippen molar-refractivity contribution in [3.63, 3.8) is 0 Å². The van der Waals surface area contributed by atoms with Gasteiger partial charge in [0.1, 0.15) is 13.2 Å². The lowest BCUT2D eigenvalue weighted by atomic mass is 9.92. The summed E-state index contributed by atoms with van der Waals surface area (Å²) in [5, 5.41) is 25.2. The van der Waals surface area contributed by atoms with Crippen LogP contribution < -0.4 is 29.6 Å². The summed E-state index contributed by atoms with van der Waals surface area (Å²) in [4.78, 5) is 14.4. The predicted molar refractivity (Wildman–Crippen MR) is 207 cm³/mol. The number of amides is 1. The SMILES string of the molecule is O=C(NCCO)C1CCN(Cc2ccc([C@H]3COc4ccccc4O3)cc2)CC1.O[C@@H]1CCCC[C@H]1NCc1ccc([C@H]2COc3ccccc3O2)cc1. The number of aliphatic hydroxyl groups excluding tert-OH is 2. The standard InChI is InChI=1S/C23H28N2O4.C21H25NO3/c26-14-11-24-23(27)19-9-12-25(13-10-19)15-17-5-7-18(8-6-17)22-16-28-20-3-1-2-4-21(20)29-22;23-18-6-2-1-5-17(18)22-13-15-9-11-16(12-10-15)21-14-24-19-7-3-4-8-20(19)25-21/h1-8,19,22,26H,9-16H2,(H,24,27);3-4,7-12,17-18,21-23H,1-2,5-6,13-14H2/t22-;17-,18-,21-/m11/s1. The van der Waals surface area contributed by atoms with E-state index in [1.807, 2.05) is 48.5 Å². The Hall–Kier alpha value is -4.61. The molecular formula is C44H53N3O7. The fraction of sp³-hybridized carbons (Fsp3) is 0.432. The number of nitrogens with zero attached hydrogens (tertiary/aromatic N) is 1. The highest BCUT2D eigenvalue weighted by Gasteiger charge is 2.26. The lowest BCUT2D eigenvalue weighted by Crippen LogP contribution is -2.41. The molecule has 3 heterocycles. The molecule has 0 bridgehead atoms. The van der Waals surface area contributed by atoms with Crippen LogP contribution in [0.5, 0.6) is 23.0 Å². The summed E-state index contributed by atoms with van der Waals surface area (Å²) in [5.74, 6) is 3.33. The molecule has 10 nitrogen and oxygen atoms in total. The first-order valence-corrected chi connectivity index (χ1v) is 19.5. The molecule has 1 aliphatic carbocycles. The number of likely N-dealkylation sites (tertiary alicyclic amines) is 1. The van der Waals surface area contributed by atoms with Crippen molar-refractivity contribution < 1.29 is 34.0 Å². The molecule has 10 heteroatoms. The number of benzene rings is 4. The van der Waals surface area contributed by atoms with Crippen molar-refractivity contribution in [3.05, 3.63) is 119 Å². The number of carbonyl (C=O) groups excluding carboxylic acids is 1. The average Bonchev–Trinajstić information content (AvgIpc) is 3.23. The van der Waals surface area contributed by atoms with Crippen LogP contribution in [0.3, 0.4) is 0 Å². The summed E-state index contributed by atoms with van der Waals surface area (Å²) in [6.07, 6.45) is 5.67. The van der Waals surface area contributed by atoms with E-state index in [2.05, 4.69) is 64.1 Å². The Balaban J connectivity index is 0.000000168. The van der Waals surface area contributed by atoms with E-state index in [-0.39, 0.29) is 42.8 Å². The van der Waals surface area contributed by atoms with Gasteiger partial charge in [0.15, 0.2) is 35.2 Å². The molecule has 54 heavy (non-hydrogen) atoms. The van der Waals surface area contributed by atoms with E-state index in [0.29, 0.717) is 19.8 Å². The van der Waals surface area contributed by atoms with Crippen LogP contribution in [0, 0.1) is 5.92 Å². The molecule has 8 rings (SSSR count). The van der Waals surface area contributed by atoms with E-state index in [9.17, 15) is 9.90 Å². The molecule has 3 aliphatic heterocycles. The van der Waals surface area contributed by atoms with Gasteiger partial charge in [0.25, 0.3) is 0 Å². The summed E-state index contributed by atoms with van der Waals surface area (Å²) >= 11 is 0. The van der Waals surface area contributed by atoms with Gasteiger partial charge in [0.2, 0.25) is 5.91 Å². The summed E-state index contributed by atoms with van der Waals surface area (Å²) in [6, 6.07) is 32.8. The van der Waals surface area contributed by atoms with E-state index in [1.165, 1.54) is 17.5 Å². The maximum absolute atomic E-state index is 12.0. The number of carbonyl (C=O) groups is 1. The molecule has 286 valence electrons. The topological polar surface area (TPSA) is 122 Å². The highest BCUT2D eigenvalue weighted by atomic mass is 16.6. The fourth-order valence-electron chi connectivity index (χ4n) is 7.59. The molecule has 4 N–H and O–H groups in total. The molecule has 0 aromatic heterocycles. The van der Waals surface area contributed by atoms with Gasteiger partial charge in [-0.05, 0) is 85.3 Å². The van der Waals surface area contributed by atoms with E-state index in [4.69, 9.17) is 24.1 Å². The first kappa shape index (κ1) is 37.7. The maximum Gasteiger partial charge on any atom is 0.223 e. The molecule has 2 fully saturated rings. The normalized spacial score (nSPS) is 22.4. The summed E-state index contributed by atoms with van der Waals surface area (Å²) in [7, 11) is 0. The summed E-state index contributed by atoms with van der Waals surface area (Å²) in [5.41, 5.74) is 4.71. The van der Waals surface area contributed by atoms with Crippen molar-refractivity contribution >= 4 is 5.91 Å². The Labute approximate surface area is 318 Å². The van der Waals surface area contributed by atoms with Crippen LogP contribution in [0.1, 0.15) is 73.0 Å². The molecule has 0 unspecified atom stereocenters. The van der Waals surface area contributed by atoms with E-state index in [1.54, 1.807) is 0 Å². The van der Waals surface area contributed by atoms with Gasteiger partial charge in [0.05, 0.1) is 12.7 Å². The molecule has 0 radical (unpaired) electrons. The number of ether oxygens (including phenoxy) is 4. The van der Waals surface area contributed by atoms with Crippen LogP contribution in [-0.2, 0) is 17.9 Å². The van der Waals surface area contributed by atoms with Gasteiger partial charge in [-0.2, -0.15) is 0 Å². The monoisotopic (exact) mass is 735 g/mol. The number of rotatable bonds is 10. The summed E-state index contributed by atoms with van der Waals surface area (Å²) in [6.45, 7) is 4.87. The van der Waals surface area contributed by atoms with Crippen molar-refractivity contribution in [3.8, 4) is 23.0 Å². The Morgan fingerprint density at radius 1 is 0.685 bits per heavy atom. The van der Waals surface area contributed by atoms with E-state index in [0.717, 1.165) is 92.4 Å². The molecule has 4 aromatic carbocycles. The van der Waals surface area contributed by atoms with Gasteiger partial charge in [-0.3, -0.25) is 9.69 Å². The largest absolute Gasteiger partial charge is 0.485 e. The molecule has 4 aromatic rings. The van der Waals surface area contributed by atoms with Gasteiger partial charge in [-0.25, -0.2) is 0 Å². The molecule has 1 amide bonds. The van der Waals surface area contributed by atoms with Crippen LogP contribution in [0.25, 0.3) is 0 Å². The number of fused-ring (bicyclic) bond motifs is 2. The van der Waals surface area contributed by atoms with Crippen molar-refractivity contribution in [2.45, 2.75) is 76.0 Å². The minimum absolute atomic E-state index is 0.00882. The van der Waals surface area contributed by atoms with Gasteiger partial charge >= 0.3 is 0 Å². The molecule has 0 spiro atoms. The Bertz CT molecular complexity index is 1780.